The fourth-order valence-corrected chi connectivity index (χ4v) is 3.62. The van der Waals surface area contributed by atoms with Crippen molar-refractivity contribution in [3.63, 3.8) is 0 Å². The summed E-state index contributed by atoms with van der Waals surface area (Å²) in [6.45, 7) is 0.330. The molecule has 3 N–H and O–H groups in total. The van der Waals surface area contributed by atoms with E-state index in [1.807, 2.05) is 48.5 Å². The molecule has 2 aromatic carbocycles. The monoisotopic (exact) mass is 384 g/mol. The minimum Gasteiger partial charge on any atom is -0.354 e. The van der Waals surface area contributed by atoms with Crippen LogP contribution in [0.2, 0.25) is 0 Å². The third-order valence-electron chi connectivity index (χ3n) is 5.09. The molecule has 7 nitrogen and oxygen atoms in total. The Bertz CT molecular complexity index is 788. The van der Waals surface area contributed by atoms with Gasteiger partial charge in [-0.2, -0.15) is 0 Å². The van der Waals surface area contributed by atoms with E-state index in [9.17, 15) is 4.79 Å². The summed E-state index contributed by atoms with van der Waals surface area (Å²) in [6.07, 6.45) is -2.03. The van der Waals surface area contributed by atoms with Gasteiger partial charge in [-0.3, -0.25) is 4.79 Å². The maximum absolute atomic E-state index is 12.6. The van der Waals surface area contributed by atoms with E-state index >= 15 is 0 Å². The lowest BCUT2D eigenvalue weighted by Gasteiger charge is -2.48. The summed E-state index contributed by atoms with van der Waals surface area (Å²) in [7, 11) is 1.52. The average molecular weight is 384 g/mol. The van der Waals surface area contributed by atoms with E-state index in [0.29, 0.717) is 12.2 Å². The van der Waals surface area contributed by atoms with Crippen molar-refractivity contribution in [2.75, 3.05) is 13.7 Å². The van der Waals surface area contributed by atoms with Crippen LogP contribution in [0.5, 0.6) is 0 Å². The smallest absolute Gasteiger partial charge is 0.251 e. The quantitative estimate of drug-likeness (QED) is 0.832. The summed E-state index contributed by atoms with van der Waals surface area (Å²) in [5, 5.41) is 2.94. The summed E-state index contributed by atoms with van der Waals surface area (Å²) in [5.74, 6) is -0.239. The standard InChI is InChI=1S/C21H24N2O5/c1-25-21-17(23-19(24)13-8-4-2-5-9-13)16(22)18-15(27-21)12-26-20(28-18)14-10-6-3-7-11-14/h2-11,15-18,20-21H,12,22H2,1H3,(H,23,24)/t15?,16?,17?,18-,20?,21?/m1/s1. The molecule has 1 amide bonds. The molecule has 0 aromatic heterocycles. The van der Waals surface area contributed by atoms with E-state index in [1.165, 1.54) is 7.11 Å². The molecule has 5 unspecified atom stereocenters. The highest BCUT2D eigenvalue weighted by molar-refractivity contribution is 5.94. The van der Waals surface area contributed by atoms with Crippen molar-refractivity contribution < 1.29 is 23.7 Å². The second-order valence-electron chi connectivity index (χ2n) is 6.90. The third-order valence-corrected chi connectivity index (χ3v) is 5.09. The van der Waals surface area contributed by atoms with Gasteiger partial charge in [0.05, 0.1) is 18.7 Å². The van der Waals surface area contributed by atoms with Crippen LogP contribution in [0.1, 0.15) is 22.2 Å². The van der Waals surface area contributed by atoms with Gasteiger partial charge in [0.25, 0.3) is 5.91 Å². The molecule has 2 fully saturated rings. The second kappa shape index (κ2) is 8.38. The number of fused-ring (bicyclic) bond motifs is 1. The summed E-state index contributed by atoms with van der Waals surface area (Å²) in [6, 6.07) is 17.5. The maximum Gasteiger partial charge on any atom is 0.251 e. The maximum atomic E-state index is 12.6. The Morgan fingerprint density at radius 1 is 1.07 bits per heavy atom. The highest BCUT2D eigenvalue weighted by Crippen LogP contribution is 2.33. The first kappa shape index (κ1) is 19.0. The predicted octanol–water partition coefficient (Wildman–Crippen LogP) is 1.60. The Labute approximate surface area is 163 Å². The minimum atomic E-state index is -0.690. The van der Waals surface area contributed by atoms with E-state index in [4.69, 9.17) is 24.7 Å². The van der Waals surface area contributed by atoms with Crippen molar-refractivity contribution in [3.05, 3.63) is 71.8 Å². The van der Waals surface area contributed by atoms with Crippen LogP contribution in [0, 0.1) is 0 Å². The van der Waals surface area contributed by atoms with Gasteiger partial charge in [0.15, 0.2) is 12.6 Å². The molecule has 7 heteroatoms. The lowest BCUT2D eigenvalue weighted by molar-refractivity contribution is -0.322. The molecule has 28 heavy (non-hydrogen) atoms. The van der Waals surface area contributed by atoms with Gasteiger partial charge in [-0.15, -0.1) is 0 Å². The lowest BCUT2D eigenvalue weighted by Crippen LogP contribution is -2.69. The van der Waals surface area contributed by atoms with Gasteiger partial charge in [0, 0.05) is 18.2 Å². The molecule has 0 radical (unpaired) electrons. The van der Waals surface area contributed by atoms with Crippen molar-refractivity contribution in [2.45, 2.75) is 36.9 Å². The number of ether oxygens (including phenoxy) is 4. The second-order valence-corrected chi connectivity index (χ2v) is 6.90. The van der Waals surface area contributed by atoms with Crippen molar-refractivity contribution in [2.24, 2.45) is 5.73 Å². The number of nitrogens with two attached hydrogens (primary N) is 1. The minimum absolute atomic E-state index is 0.239. The summed E-state index contributed by atoms with van der Waals surface area (Å²) >= 11 is 0. The number of carbonyl (C=O) groups is 1. The van der Waals surface area contributed by atoms with Crippen LogP contribution in [-0.4, -0.2) is 50.2 Å². The number of nitrogens with one attached hydrogen (secondary N) is 1. The van der Waals surface area contributed by atoms with Crippen molar-refractivity contribution in [1.29, 1.82) is 0 Å². The van der Waals surface area contributed by atoms with E-state index < -0.39 is 30.8 Å². The van der Waals surface area contributed by atoms with Crippen LogP contribution in [0.3, 0.4) is 0 Å². The van der Waals surface area contributed by atoms with E-state index in [0.717, 1.165) is 5.56 Å². The highest BCUT2D eigenvalue weighted by atomic mass is 16.7. The first-order valence-electron chi connectivity index (χ1n) is 9.29. The molecule has 2 aromatic rings. The van der Waals surface area contributed by atoms with Crippen molar-refractivity contribution in [1.82, 2.24) is 5.32 Å². The van der Waals surface area contributed by atoms with E-state index in [-0.39, 0.29) is 12.0 Å². The predicted molar refractivity (Wildman–Crippen MR) is 101 cm³/mol. The Balaban J connectivity index is 1.50. The normalized spacial score (nSPS) is 32.4. The number of amides is 1. The zero-order valence-electron chi connectivity index (χ0n) is 15.6. The highest BCUT2D eigenvalue weighted by Gasteiger charge is 2.49. The van der Waals surface area contributed by atoms with Crippen LogP contribution < -0.4 is 11.1 Å². The topological polar surface area (TPSA) is 92.0 Å². The van der Waals surface area contributed by atoms with Crippen LogP contribution in [-0.2, 0) is 18.9 Å². The number of rotatable bonds is 4. The molecule has 0 aliphatic carbocycles. The molecule has 2 saturated heterocycles. The fourth-order valence-electron chi connectivity index (χ4n) is 3.62. The van der Waals surface area contributed by atoms with Gasteiger partial charge >= 0.3 is 0 Å². The van der Waals surface area contributed by atoms with Gasteiger partial charge in [-0.1, -0.05) is 48.5 Å². The van der Waals surface area contributed by atoms with Crippen molar-refractivity contribution in [3.8, 4) is 0 Å². The number of benzene rings is 2. The molecule has 148 valence electrons. The van der Waals surface area contributed by atoms with Crippen LogP contribution in [0.25, 0.3) is 0 Å². The molecule has 6 atom stereocenters. The first-order valence-corrected chi connectivity index (χ1v) is 9.29. The van der Waals surface area contributed by atoms with Crippen LogP contribution in [0.15, 0.2) is 60.7 Å². The zero-order valence-corrected chi connectivity index (χ0v) is 15.6. The van der Waals surface area contributed by atoms with Gasteiger partial charge in [0.2, 0.25) is 0 Å². The number of methoxy groups -OCH3 is 1. The Morgan fingerprint density at radius 3 is 2.43 bits per heavy atom. The summed E-state index contributed by atoms with van der Waals surface area (Å²) < 4.78 is 23.4. The Kier molecular flexibility index (Phi) is 5.70. The molecule has 4 rings (SSSR count). The Hall–Kier alpha value is -2.29. The first-order chi connectivity index (χ1) is 13.7. The summed E-state index contributed by atoms with van der Waals surface area (Å²) in [5.41, 5.74) is 7.96. The van der Waals surface area contributed by atoms with Crippen LogP contribution >= 0.6 is 0 Å². The van der Waals surface area contributed by atoms with Gasteiger partial charge < -0.3 is 30.0 Å². The van der Waals surface area contributed by atoms with Gasteiger partial charge in [-0.25, -0.2) is 0 Å². The third kappa shape index (κ3) is 3.80. The summed E-state index contributed by atoms with van der Waals surface area (Å²) in [4.78, 5) is 12.6. The van der Waals surface area contributed by atoms with Gasteiger partial charge in [0.1, 0.15) is 12.2 Å². The van der Waals surface area contributed by atoms with E-state index in [2.05, 4.69) is 5.32 Å². The average Bonchev–Trinajstić information content (AvgIpc) is 2.76. The molecule has 0 spiro atoms. The molecule has 2 heterocycles. The zero-order chi connectivity index (χ0) is 19.5. The number of carbonyl (C=O) groups excluding carboxylic acids is 1. The molecule has 0 saturated carbocycles. The SMILES string of the molecule is COC1OC2COC(c3ccccc3)O[C@H]2C(N)C1NC(=O)c1ccccc1. The Morgan fingerprint density at radius 2 is 1.75 bits per heavy atom. The molecular formula is C21H24N2O5. The fraction of sp³-hybridized carbons (Fsp3) is 0.381. The van der Waals surface area contributed by atoms with E-state index in [1.54, 1.807) is 12.1 Å². The molecule has 0 bridgehead atoms. The molecule has 2 aliphatic rings. The number of hydrogen-bond donors (Lipinski definition) is 2. The van der Waals surface area contributed by atoms with Crippen molar-refractivity contribution >= 4 is 5.91 Å². The molecular weight excluding hydrogens is 360 g/mol. The van der Waals surface area contributed by atoms with Gasteiger partial charge in [-0.05, 0) is 12.1 Å². The lowest BCUT2D eigenvalue weighted by atomic mass is 9.93. The van der Waals surface area contributed by atoms with Crippen LogP contribution in [0.4, 0.5) is 0 Å². The molecule has 2 aliphatic heterocycles. The number of hydrogen-bond acceptors (Lipinski definition) is 6. The largest absolute Gasteiger partial charge is 0.354 e.